The van der Waals surface area contributed by atoms with Gasteiger partial charge in [-0.3, -0.25) is 14.4 Å². The first-order valence-electron chi connectivity index (χ1n) is 13.5. The van der Waals surface area contributed by atoms with Crippen LogP contribution in [0.15, 0.2) is 60.7 Å². The predicted molar refractivity (Wildman–Crippen MR) is 153 cm³/mol. The normalized spacial score (nSPS) is 14.4. The Bertz CT molecular complexity index is 1450. The van der Waals surface area contributed by atoms with Crippen molar-refractivity contribution in [2.75, 3.05) is 32.9 Å². The lowest BCUT2D eigenvalue weighted by Gasteiger charge is -2.33. The molecule has 1 atom stereocenters. The number of nitrogens with zero attached hydrogens (tertiary/aromatic N) is 1. The summed E-state index contributed by atoms with van der Waals surface area (Å²) in [5.74, 6) is -1.99. The Morgan fingerprint density at radius 3 is 2.16 bits per heavy atom. The largest absolute Gasteiger partial charge is 0.508 e. The molecule has 0 spiro atoms. The van der Waals surface area contributed by atoms with Gasteiger partial charge in [-0.1, -0.05) is 0 Å². The maximum atomic E-state index is 13.2. The van der Waals surface area contributed by atoms with Crippen molar-refractivity contribution in [2.24, 2.45) is 0 Å². The maximum absolute atomic E-state index is 13.2. The van der Waals surface area contributed by atoms with E-state index in [9.17, 15) is 29.4 Å². The summed E-state index contributed by atoms with van der Waals surface area (Å²) in [6.07, 6.45) is 1.60. The lowest BCUT2D eigenvalue weighted by Crippen LogP contribution is -2.51. The number of hydrogen-bond acceptors (Lipinski definition) is 10. The van der Waals surface area contributed by atoms with Gasteiger partial charge in [0, 0.05) is 23.4 Å². The molecule has 2 amide bonds. The molecule has 1 heterocycles. The van der Waals surface area contributed by atoms with Crippen molar-refractivity contribution in [1.82, 2.24) is 4.90 Å². The molecule has 3 aromatic rings. The summed E-state index contributed by atoms with van der Waals surface area (Å²) in [7, 11) is 2.74. The fourth-order valence-electron chi connectivity index (χ4n) is 4.65. The number of carbonyl (C=O) groups excluding carboxylic acids is 4. The number of ketones is 1. The van der Waals surface area contributed by atoms with E-state index >= 15 is 0 Å². The van der Waals surface area contributed by atoms with Crippen molar-refractivity contribution >= 4 is 29.3 Å². The molecule has 1 fully saturated rings. The number of esters is 1. The second-order valence-electron chi connectivity index (χ2n) is 9.61. The van der Waals surface area contributed by atoms with Gasteiger partial charge in [-0.2, -0.15) is 0 Å². The second-order valence-corrected chi connectivity index (χ2v) is 9.61. The SMILES string of the molecule is COc1cc(C(=O)C(=O)N2CCCCC2C(=O)OCOc2ccc(C(=O)Nc3ccc(O)cc3)cc2)cc(OC)c1CO. The monoisotopic (exact) mass is 592 g/mol. The van der Waals surface area contributed by atoms with Gasteiger partial charge in [0.1, 0.15) is 29.0 Å². The number of rotatable bonds is 11. The Balaban J connectivity index is 1.34. The van der Waals surface area contributed by atoms with Crippen LogP contribution in [0.5, 0.6) is 23.0 Å². The molecular formula is C31H32N2O10. The number of Topliss-reactive ketones (excluding diaryl/α,β-unsaturated/α-hetero) is 1. The van der Waals surface area contributed by atoms with Gasteiger partial charge in [0.05, 0.1) is 26.4 Å². The van der Waals surface area contributed by atoms with Gasteiger partial charge in [-0.05, 0) is 79.9 Å². The van der Waals surface area contributed by atoms with Gasteiger partial charge >= 0.3 is 5.97 Å². The first-order chi connectivity index (χ1) is 20.7. The zero-order chi connectivity index (χ0) is 30.9. The van der Waals surface area contributed by atoms with Crippen molar-refractivity contribution in [3.05, 3.63) is 77.4 Å². The Morgan fingerprint density at radius 2 is 1.56 bits per heavy atom. The minimum Gasteiger partial charge on any atom is -0.508 e. The highest BCUT2D eigenvalue weighted by atomic mass is 16.7. The third kappa shape index (κ3) is 7.41. The van der Waals surface area contributed by atoms with Gasteiger partial charge in [0.25, 0.3) is 17.6 Å². The summed E-state index contributed by atoms with van der Waals surface area (Å²) in [5, 5.41) is 21.7. The summed E-state index contributed by atoms with van der Waals surface area (Å²) in [6, 6.07) is 13.9. The quantitative estimate of drug-likeness (QED) is 0.0991. The van der Waals surface area contributed by atoms with Crippen molar-refractivity contribution in [3.8, 4) is 23.0 Å². The van der Waals surface area contributed by atoms with E-state index in [1.165, 1.54) is 55.5 Å². The van der Waals surface area contributed by atoms with E-state index in [4.69, 9.17) is 18.9 Å². The number of nitrogens with one attached hydrogen (secondary N) is 1. The van der Waals surface area contributed by atoms with Crippen molar-refractivity contribution < 1.29 is 48.3 Å². The molecule has 1 aliphatic heterocycles. The number of phenolic OH excluding ortho intramolecular Hbond substituents is 1. The standard InChI is InChI=1S/C31H32N2O10/c1-40-26-15-20(16-27(41-2)24(26)17-34)28(36)30(38)33-14-4-3-5-25(33)31(39)43-18-42-23-12-6-19(7-13-23)29(37)32-21-8-10-22(35)11-9-21/h6-13,15-16,25,34-35H,3-5,14,17-18H2,1-2H3,(H,32,37). The molecule has 1 aliphatic rings. The highest BCUT2D eigenvalue weighted by Crippen LogP contribution is 2.31. The Hall–Kier alpha value is -5.10. The second kappa shape index (κ2) is 14.2. The molecule has 0 aliphatic carbocycles. The summed E-state index contributed by atoms with van der Waals surface area (Å²) < 4.78 is 21.3. The van der Waals surface area contributed by atoms with Gasteiger partial charge in [0.2, 0.25) is 6.79 Å². The number of aliphatic hydroxyl groups is 1. The number of phenols is 1. The van der Waals surface area contributed by atoms with Crippen LogP contribution in [0.2, 0.25) is 0 Å². The molecule has 3 N–H and O–H groups in total. The molecule has 43 heavy (non-hydrogen) atoms. The first-order valence-corrected chi connectivity index (χ1v) is 13.5. The molecule has 1 saturated heterocycles. The van der Waals surface area contributed by atoms with E-state index in [1.807, 2.05) is 0 Å². The first kappa shape index (κ1) is 30.8. The number of carbonyl (C=O) groups is 4. The molecule has 0 bridgehead atoms. The van der Waals surface area contributed by atoms with Crippen molar-refractivity contribution in [2.45, 2.75) is 31.9 Å². The van der Waals surface area contributed by atoms with Crippen LogP contribution in [-0.4, -0.2) is 72.3 Å². The molecule has 12 heteroatoms. The number of anilines is 1. The Labute approximate surface area is 247 Å². The topological polar surface area (TPSA) is 161 Å². The highest BCUT2D eigenvalue weighted by molar-refractivity contribution is 6.43. The maximum Gasteiger partial charge on any atom is 0.331 e. The average Bonchev–Trinajstić information content (AvgIpc) is 3.04. The van der Waals surface area contributed by atoms with E-state index < -0.39 is 37.1 Å². The molecule has 0 saturated carbocycles. The average molecular weight is 593 g/mol. The minimum absolute atomic E-state index is 0.00267. The van der Waals surface area contributed by atoms with Gasteiger partial charge in [0.15, 0.2) is 0 Å². The van der Waals surface area contributed by atoms with E-state index in [-0.39, 0.29) is 35.3 Å². The molecule has 1 unspecified atom stereocenters. The number of aliphatic hydroxyl groups excluding tert-OH is 1. The number of ether oxygens (including phenoxy) is 4. The number of methoxy groups -OCH3 is 2. The van der Waals surface area contributed by atoms with Crippen LogP contribution < -0.4 is 19.5 Å². The highest BCUT2D eigenvalue weighted by Gasteiger charge is 2.37. The fraction of sp³-hybridized carbons (Fsp3) is 0.290. The van der Waals surface area contributed by atoms with Crippen LogP contribution in [0, 0.1) is 0 Å². The summed E-state index contributed by atoms with van der Waals surface area (Å²) >= 11 is 0. The van der Waals surface area contributed by atoms with Crippen molar-refractivity contribution in [1.29, 1.82) is 0 Å². The summed E-state index contributed by atoms with van der Waals surface area (Å²) in [5.41, 5.74) is 1.21. The molecule has 0 aromatic heterocycles. The van der Waals surface area contributed by atoms with Gasteiger partial charge in [-0.15, -0.1) is 0 Å². The summed E-state index contributed by atoms with van der Waals surface area (Å²) in [4.78, 5) is 53.0. The molecule has 226 valence electrons. The number of hydrogen-bond donors (Lipinski definition) is 3. The van der Waals surface area contributed by atoms with E-state index in [0.29, 0.717) is 41.8 Å². The van der Waals surface area contributed by atoms with Crippen LogP contribution in [-0.2, 0) is 20.9 Å². The molecule has 0 radical (unpaired) electrons. The number of piperidine rings is 1. The zero-order valence-corrected chi connectivity index (χ0v) is 23.7. The van der Waals surface area contributed by atoms with Gasteiger partial charge in [-0.25, -0.2) is 4.79 Å². The van der Waals surface area contributed by atoms with E-state index in [2.05, 4.69) is 5.32 Å². The number of likely N-dealkylation sites (tertiary alicyclic amines) is 1. The lowest BCUT2D eigenvalue weighted by atomic mass is 9.99. The van der Waals surface area contributed by atoms with E-state index in [1.54, 1.807) is 24.3 Å². The lowest BCUT2D eigenvalue weighted by molar-refractivity contribution is -0.161. The fourth-order valence-corrected chi connectivity index (χ4v) is 4.65. The number of amides is 2. The molecule has 12 nitrogen and oxygen atoms in total. The minimum atomic E-state index is -0.972. The van der Waals surface area contributed by atoms with Gasteiger partial charge < -0.3 is 39.4 Å². The number of benzene rings is 3. The van der Waals surface area contributed by atoms with Crippen LogP contribution in [0.25, 0.3) is 0 Å². The van der Waals surface area contributed by atoms with Crippen LogP contribution in [0.3, 0.4) is 0 Å². The molecular weight excluding hydrogens is 560 g/mol. The third-order valence-electron chi connectivity index (χ3n) is 6.93. The molecule has 4 rings (SSSR count). The number of aromatic hydroxyl groups is 1. The van der Waals surface area contributed by atoms with Crippen LogP contribution in [0.4, 0.5) is 5.69 Å². The Morgan fingerprint density at radius 1 is 0.907 bits per heavy atom. The third-order valence-corrected chi connectivity index (χ3v) is 6.93. The zero-order valence-electron chi connectivity index (χ0n) is 23.7. The van der Waals surface area contributed by atoms with Crippen LogP contribution >= 0.6 is 0 Å². The van der Waals surface area contributed by atoms with E-state index in [0.717, 1.165) is 0 Å². The summed E-state index contributed by atoms with van der Waals surface area (Å²) in [6.45, 7) is -0.638. The Kier molecular flexibility index (Phi) is 10.2. The predicted octanol–water partition coefficient (Wildman–Crippen LogP) is 3.30. The molecule has 3 aromatic carbocycles. The smallest absolute Gasteiger partial charge is 0.331 e. The van der Waals surface area contributed by atoms with Crippen LogP contribution in [0.1, 0.15) is 45.5 Å². The van der Waals surface area contributed by atoms with Crippen molar-refractivity contribution in [3.63, 3.8) is 0 Å².